The van der Waals surface area contributed by atoms with Crippen LogP contribution in [0.15, 0.2) is 24.3 Å². The van der Waals surface area contributed by atoms with Crippen molar-refractivity contribution in [2.75, 3.05) is 37.6 Å². The lowest BCUT2D eigenvalue weighted by Gasteiger charge is -2.37. The Bertz CT molecular complexity index is 1000. The molecule has 0 radical (unpaired) electrons. The Morgan fingerprint density at radius 2 is 1.85 bits per heavy atom. The quantitative estimate of drug-likeness (QED) is 0.729. The molecule has 0 unspecified atom stereocenters. The van der Waals surface area contributed by atoms with Gasteiger partial charge < -0.3 is 9.80 Å². The number of piperazine rings is 1. The third-order valence-corrected chi connectivity index (χ3v) is 5.68. The fourth-order valence-corrected chi connectivity index (χ4v) is 4.19. The number of nitriles is 1. The van der Waals surface area contributed by atoms with Crippen LogP contribution in [0, 0.1) is 18.3 Å². The number of hydrogen-bond acceptors (Lipinski definition) is 4. The summed E-state index contributed by atoms with van der Waals surface area (Å²) in [6, 6.07) is 10.6. The number of benzene rings is 1. The molecular formula is C21H25N5. The molecule has 1 aromatic carbocycles. The predicted octanol–water partition coefficient (Wildman–Crippen LogP) is 3.37. The van der Waals surface area contributed by atoms with Crippen LogP contribution in [0.4, 0.5) is 5.82 Å². The van der Waals surface area contributed by atoms with Gasteiger partial charge in [0, 0.05) is 26.2 Å². The average Bonchev–Trinajstić information content (AvgIpc) is 3.06. The largest absolute Gasteiger partial charge is 0.355 e. The lowest BCUT2D eigenvalue weighted by molar-refractivity contribution is 0.270. The van der Waals surface area contributed by atoms with Gasteiger partial charge in [0.2, 0.25) is 0 Å². The fraction of sp³-hybridized carbons (Fsp3) is 0.429. The van der Waals surface area contributed by atoms with Crippen LogP contribution in [0.25, 0.3) is 16.7 Å². The maximum Gasteiger partial charge on any atom is 0.157 e. The standard InChI is InChI=1S/C21H25N5/c1-4-16-15(3)17(14-22)20-23-18-8-6-7-9-19(18)26(20)21(16)25-12-10-24(5-2)11-13-25/h6-9H,4-5,10-13H2,1-3H3. The number of fused-ring (bicyclic) bond motifs is 3. The van der Waals surface area contributed by atoms with E-state index in [0.29, 0.717) is 5.56 Å². The number of hydrogen-bond donors (Lipinski definition) is 0. The van der Waals surface area contributed by atoms with Crippen LogP contribution in [0.2, 0.25) is 0 Å². The highest BCUT2D eigenvalue weighted by atomic mass is 15.3. The molecule has 4 rings (SSSR count). The maximum atomic E-state index is 9.81. The van der Waals surface area contributed by atoms with Gasteiger partial charge in [0.15, 0.2) is 5.65 Å². The zero-order chi connectivity index (χ0) is 18.3. The van der Waals surface area contributed by atoms with Gasteiger partial charge in [-0.05, 0) is 43.1 Å². The molecule has 0 N–H and O–H groups in total. The molecule has 0 spiro atoms. The molecule has 3 aromatic rings. The van der Waals surface area contributed by atoms with Crippen molar-refractivity contribution in [1.82, 2.24) is 14.3 Å². The summed E-state index contributed by atoms with van der Waals surface area (Å²) >= 11 is 0. The van der Waals surface area contributed by atoms with Gasteiger partial charge in [0.25, 0.3) is 0 Å². The summed E-state index contributed by atoms with van der Waals surface area (Å²) in [4.78, 5) is 9.79. The van der Waals surface area contributed by atoms with Crippen molar-refractivity contribution < 1.29 is 0 Å². The molecule has 134 valence electrons. The highest BCUT2D eigenvalue weighted by molar-refractivity contribution is 5.86. The summed E-state index contributed by atoms with van der Waals surface area (Å²) in [6.45, 7) is 11.7. The van der Waals surface area contributed by atoms with E-state index in [2.05, 4.69) is 47.1 Å². The van der Waals surface area contributed by atoms with Crippen molar-refractivity contribution in [1.29, 1.82) is 5.26 Å². The number of anilines is 1. The maximum absolute atomic E-state index is 9.81. The summed E-state index contributed by atoms with van der Waals surface area (Å²) in [5.41, 5.74) is 5.87. The van der Waals surface area contributed by atoms with Crippen LogP contribution >= 0.6 is 0 Å². The average molecular weight is 347 g/mol. The zero-order valence-electron chi connectivity index (χ0n) is 15.8. The zero-order valence-corrected chi connectivity index (χ0v) is 15.8. The van der Waals surface area contributed by atoms with Gasteiger partial charge in [0.1, 0.15) is 11.9 Å². The molecule has 26 heavy (non-hydrogen) atoms. The van der Waals surface area contributed by atoms with E-state index in [1.165, 1.54) is 11.4 Å². The molecule has 0 atom stereocenters. The van der Waals surface area contributed by atoms with Crippen molar-refractivity contribution in [2.24, 2.45) is 0 Å². The van der Waals surface area contributed by atoms with E-state index in [0.717, 1.165) is 61.4 Å². The van der Waals surface area contributed by atoms with E-state index in [-0.39, 0.29) is 0 Å². The molecule has 0 amide bonds. The minimum atomic E-state index is 0.703. The van der Waals surface area contributed by atoms with Gasteiger partial charge in [0.05, 0.1) is 16.6 Å². The van der Waals surface area contributed by atoms with Crippen LogP contribution in [0.3, 0.4) is 0 Å². The van der Waals surface area contributed by atoms with E-state index in [4.69, 9.17) is 4.98 Å². The molecule has 0 aliphatic carbocycles. The Morgan fingerprint density at radius 3 is 2.50 bits per heavy atom. The van der Waals surface area contributed by atoms with Crippen molar-refractivity contribution >= 4 is 22.5 Å². The molecule has 2 aromatic heterocycles. The van der Waals surface area contributed by atoms with Gasteiger partial charge in [-0.2, -0.15) is 5.26 Å². The first kappa shape index (κ1) is 16.9. The van der Waals surface area contributed by atoms with E-state index in [9.17, 15) is 5.26 Å². The number of pyridine rings is 1. The van der Waals surface area contributed by atoms with Crippen molar-refractivity contribution in [3.8, 4) is 6.07 Å². The molecule has 1 aliphatic heterocycles. The fourth-order valence-electron chi connectivity index (χ4n) is 4.19. The first-order chi connectivity index (χ1) is 12.7. The van der Waals surface area contributed by atoms with Crippen LogP contribution in [-0.4, -0.2) is 47.0 Å². The van der Waals surface area contributed by atoms with E-state index in [1.54, 1.807) is 0 Å². The third kappa shape index (κ3) is 2.45. The molecule has 3 heterocycles. The smallest absolute Gasteiger partial charge is 0.157 e. The Balaban J connectivity index is 2.03. The number of para-hydroxylation sites is 2. The van der Waals surface area contributed by atoms with Crippen molar-refractivity contribution in [3.05, 3.63) is 41.0 Å². The lowest BCUT2D eigenvalue weighted by Crippen LogP contribution is -2.47. The molecule has 1 aliphatic rings. The number of rotatable bonds is 3. The predicted molar refractivity (Wildman–Crippen MR) is 106 cm³/mol. The van der Waals surface area contributed by atoms with Crippen LogP contribution in [-0.2, 0) is 6.42 Å². The molecule has 1 saturated heterocycles. The molecule has 5 nitrogen and oxygen atoms in total. The highest BCUT2D eigenvalue weighted by Crippen LogP contribution is 2.33. The Hall–Kier alpha value is -2.58. The van der Waals surface area contributed by atoms with Gasteiger partial charge in [-0.25, -0.2) is 4.98 Å². The normalized spacial score (nSPS) is 15.7. The van der Waals surface area contributed by atoms with E-state index >= 15 is 0 Å². The third-order valence-electron chi connectivity index (χ3n) is 5.68. The van der Waals surface area contributed by atoms with Crippen LogP contribution in [0.5, 0.6) is 0 Å². The summed E-state index contributed by atoms with van der Waals surface area (Å²) in [5, 5.41) is 9.81. The van der Waals surface area contributed by atoms with Gasteiger partial charge in [-0.15, -0.1) is 0 Å². The molecular weight excluding hydrogens is 322 g/mol. The second-order valence-corrected chi connectivity index (χ2v) is 6.95. The summed E-state index contributed by atoms with van der Waals surface area (Å²) in [7, 11) is 0. The minimum Gasteiger partial charge on any atom is -0.355 e. The first-order valence-corrected chi connectivity index (χ1v) is 9.49. The van der Waals surface area contributed by atoms with Crippen molar-refractivity contribution in [2.45, 2.75) is 27.2 Å². The minimum absolute atomic E-state index is 0.703. The second-order valence-electron chi connectivity index (χ2n) is 6.95. The Morgan fingerprint density at radius 1 is 1.12 bits per heavy atom. The number of imidazole rings is 1. The van der Waals surface area contributed by atoms with Gasteiger partial charge in [-0.3, -0.25) is 4.40 Å². The lowest BCUT2D eigenvalue weighted by atomic mass is 10.0. The number of nitrogens with zero attached hydrogens (tertiary/aromatic N) is 5. The number of aromatic nitrogens is 2. The summed E-state index contributed by atoms with van der Waals surface area (Å²) < 4.78 is 2.22. The Labute approximate surface area is 154 Å². The summed E-state index contributed by atoms with van der Waals surface area (Å²) in [5.74, 6) is 1.23. The first-order valence-electron chi connectivity index (χ1n) is 9.49. The SMILES string of the molecule is CCc1c(C)c(C#N)c2nc3ccccc3n2c1N1CCN(CC)CC1. The number of likely N-dealkylation sites (N-methyl/N-ethyl adjacent to an activating group) is 1. The second kappa shape index (κ2) is 6.62. The van der Waals surface area contributed by atoms with Crippen molar-refractivity contribution in [3.63, 3.8) is 0 Å². The highest BCUT2D eigenvalue weighted by Gasteiger charge is 2.25. The van der Waals surface area contributed by atoms with Crippen LogP contribution < -0.4 is 4.90 Å². The monoisotopic (exact) mass is 347 g/mol. The molecule has 0 saturated carbocycles. The Kier molecular flexibility index (Phi) is 4.29. The van der Waals surface area contributed by atoms with E-state index in [1.807, 2.05) is 18.2 Å². The van der Waals surface area contributed by atoms with E-state index < -0.39 is 0 Å². The van der Waals surface area contributed by atoms with Crippen LogP contribution in [0.1, 0.15) is 30.5 Å². The molecule has 1 fully saturated rings. The summed E-state index contributed by atoms with van der Waals surface area (Å²) in [6.07, 6.45) is 0.909. The topological polar surface area (TPSA) is 47.6 Å². The van der Waals surface area contributed by atoms with Gasteiger partial charge in [-0.1, -0.05) is 26.0 Å². The molecule has 0 bridgehead atoms. The van der Waals surface area contributed by atoms with Gasteiger partial charge >= 0.3 is 0 Å². The molecule has 5 heteroatoms.